The first-order chi connectivity index (χ1) is 11.8. The van der Waals surface area contributed by atoms with E-state index in [1.807, 2.05) is 35.0 Å². The topological polar surface area (TPSA) is 54.2 Å². The summed E-state index contributed by atoms with van der Waals surface area (Å²) < 4.78 is 1.99. The van der Waals surface area contributed by atoms with Crippen molar-refractivity contribution in [3.63, 3.8) is 0 Å². The van der Waals surface area contributed by atoms with Gasteiger partial charge in [0.1, 0.15) is 5.65 Å². The molecule has 0 spiro atoms. The predicted octanol–water partition coefficient (Wildman–Crippen LogP) is 2.40. The van der Waals surface area contributed by atoms with Crippen molar-refractivity contribution in [3.8, 4) is 11.4 Å². The molecule has 1 aliphatic heterocycles. The van der Waals surface area contributed by atoms with Crippen LogP contribution >= 0.6 is 11.6 Å². The van der Waals surface area contributed by atoms with Crippen molar-refractivity contribution in [2.24, 2.45) is 5.92 Å². The summed E-state index contributed by atoms with van der Waals surface area (Å²) in [6.45, 7) is 4.13. The van der Waals surface area contributed by atoms with Crippen LogP contribution in [0.15, 0.2) is 42.7 Å². The number of rotatable bonds is 3. The van der Waals surface area contributed by atoms with E-state index in [0.717, 1.165) is 55.3 Å². The molecule has 24 heavy (non-hydrogen) atoms. The minimum absolute atomic E-state index is 0.562. The Morgan fingerprint density at radius 2 is 1.96 bits per heavy atom. The molecule has 0 unspecified atom stereocenters. The fraction of sp³-hybridized carbons (Fsp3) is 0.333. The van der Waals surface area contributed by atoms with Gasteiger partial charge in [-0.25, -0.2) is 4.98 Å². The van der Waals surface area contributed by atoms with Gasteiger partial charge in [-0.2, -0.15) is 0 Å². The summed E-state index contributed by atoms with van der Waals surface area (Å²) in [6.07, 6.45) is 4.70. The van der Waals surface area contributed by atoms with Gasteiger partial charge in [-0.15, -0.1) is 0 Å². The Morgan fingerprint density at radius 3 is 2.79 bits per heavy atom. The molecule has 3 aromatic heterocycles. The van der Waals surface area contributed by atoms with Gasteiger partial charge < -0.3 is 10.6 Å². The van der Waals surface area contributed by atoms with Crippen LogP contribution in [-0.4, -0.2) is 40.5 Å². The smallest absolute Gasteiger partial charge is 0.137 e. The van der Waals surface area contributed by atoms with Crippen molar-refractivity contribution in [1.82, 2.24) is 25.0 Å². The van der Waals surface area contributed by atoms with Crippen molar-refractivity contribution in [2.45, 2.75) is 6.42 Å². The van der Waals surface area contributed by atoms with Crippen LogP contribution in [0, 0.1) is 5.92 Å². The first kappa shape index (κ1) is 15.6. The Balaban J connectivity index is 1.62. The maximum atomic E-state index is 6.13. The molecule has 0 atom stereocenters. The summed E-state index contributed by atoms with van der Waals surface area (Å²) in [6, 6.07) is 9.96. The van der Waals surface area contributed by atoms with Crippen LogP contribution in [0.1, 0.15) is 5.69 Å². The van der Waals surface area contributed by atoms with Gasteiger partial charge in [0.05, 0.1) is 22.6 Å². The molecule has 5 nitrogen and oxygen atoms in total. The zero-order valence-corrected chi connectivity index (χ0v) is 14.1. The second kappa shape index (κ2) is 6.89. The summed E-state index contributed by atoms with van der Waals surface area (Å²) in [5, 5.41) is 7.63. The Kier molecular flexibility index (Phi) is 4.47. The summed E-state index contributed by atoms with van der Waals surface area (Å²) >= 11 is 6.13. The SMILES string of the molecule is Clc1ccc2ncc(-c3cccc(CC4CNCCNC4)n3)n2c1. The van der Waals surface area contributed by atoms with E-state index in [-0.39, 0.29) is 0 Å². The molecular formula is C18H20ClN5. The van der Waals surface area contributed by atoms with Crippen LogP contribution in [0.5, 0.6) is 0 Å². The standard InChI is InChI=1S/C18H20ClN5/c19-14-4-5-18-22-11-17(24(18)12-14)16-3-1-2-15(23-16)8-13-9-20-6-7-21-10-13/h1-5,11-13,20-21H,6-10H2. The molecule has 0 saturated carbocycles. The van der Waals surface area contributed by atoms with Crippen LogP contribution < -0.4 is 10.6 Å². The molecular weight excluding hydrogens is 322 g/mol. The van der Waals surface area contributed by atoms with Crippen molar-refractivity contribution in [1.29, 1.82) is 0 Å². The van der Waals surface area contributed by atoms with E-state index in [2.05, 4.69) is 27.8 Å². The molecule has 0 aliphatic carbocycles. The summed E-state index contributed by atoms with van der Waals surface area (Å²) in [5.74, 6) is 0.562. The van der Waals surface area contributed by atoms with Crippen molar-refractivity contribution >= 4 is 17.2 Å². The average Bonchev–Trinajstić information content (AvgIpc) is 2.83. The monoisotopic (exact) mass is 341 g/mol. The lowest BCUT2D eigenvalue weighted by Crippen LogP contribution is -2.25. The number of hydrogen-bond acceptors (Lipinski definition) is 4. The molecule has 0 bridgehead atoms. The normalized spacial score (nSPS) is 16.4. The molecule has 1 fully saturated rings. The van der Waals surface area contributed by atoms with E-state index in [1.54, 1.807) is 0 Å². The molecule has 0 aromatic carbocycles. The second-order valence-electron chi connectivity index (χ2n) is 6.21. The van der Waals surface area contributed by atoms with Gasteiger partial charge in [0.25, 0.3) is 0 Å². The van der Waals surface area contributed by atoms with Gasteiger partial charge in [0, 0.05) is 25.0 Å². The predicted molar refractivity (Wildman–Crippen MR) is 96.4 cm³/mol. The molecule has 2 N–H and O–H groups in total. The van der Waals surface area contributed by atoms with E-state index >= 15 is 0 Å². The van der Waals surface area contributed by atoms with E-state index in [1.165, 1.54) is 0 Å². The zero-order valence-electron chi connectivity index (χ0n) is 13.4. The Hall–Kier alpha value is -1.95. The minimum atomic E-state index is 0.562. The van der Waals surface area contributed by atoms with Gasteiger partial charge in [-0.05, 0) is 49.7 Å². The summed E-state index contributed by atoms with van der Waals surface area (Å²) in [7, 11) is 0. The number of nitrogens with zero attached hydrogens (tertiary/aromatic N) is 3. The van der Waals surface area contributed by atoms with Crippen LogP contribution in [0.4, 0.5) is 0 Å². The number of pyridine rings is 2. The van der Waals surface area contributed by atoms with Crippen LogP contribution in [0.3, 0.4) is 0 Å². The molecule has 1 saturated heterocycles. The number of imidazole rings is 1. The van der Waals surface area contributed by atoms with Crippen LogP contribution in [0.25, 0.3) is 17.0 Å². The molecule has 1 aliphatic rings. The number of hydrogen-bond donors (Lipinski definition) is 2. The fourth-order valence-corrected chi connectivity index (χ4v) is 3.34. The molecule has 0 radical (unpaired) electrons. The molecule has 6 heteroatoms. The number of halogens is 1. The maximum absolute atomic E-state index is 6.13. The van der Waals surface area contributed by atoms with Gasteiger partial charge in [0.2, 0.25) is 0 Å². The van der Waals surface area contributed by atoms with E-state index in [9.17, 15) is 0 Å². The third-order valence-electron chi connectivity index (χ3n) is 4.38. The van der Waals surface area contributed by atoms with Gasteiger partial charge >= 0.3 is 0 Å². The maximum Gasteiger partial charge on any atom is 0.137 e. The van der Waals surface area contributed by atoms with E-state index < -0.39 is 0 Å². The average molecular weight is 342 g/mol. The first-order valence-corrected chi connectivity index (χ1v) is 8.68. The van der Waals surface area contributed by atoms with Crippen LogP contribution in [-0.2, 0) is 6.42 Å². The van der Waals surface area contributed by atoms with Gasteiger partial charge in [-0.1, -0.05) is 17.7 Å². The highest BCUT2D eigenvalue weighted by molar-refractivity contribution is 6.30. The highest BCUT2D eigenvalue weighted by atomic mass is 35.5. The summed E-state index contributed by atoms with van der Waals surface area (Å²) in [4.78, 5) is 9.30. The van der Waals surface area contributed by atoms with Crippen molar-refractivity contribution in [2.75, 3.05) is 26.2 Å². The van der Waals surface area contributed by atoms with Crippen molar-refractivity contribution < 1.29 is 0 Å². The minimum Gasteiger partial charge on any atom is -0.315 e. The third-order valence-corrected chi connectivity index (χ3v) is 4.60. The highest BCUT2D eigenvalue weighted by Gasteiger charge is 2.14. The lowest BCUT2D eigenvalue weighted by atomic mass is 10.0. The van der Waals surface area contributed by atoms with Gasteiger partial charge in [-0.3, -0.25) is 9.38 Å². The summed E-state index contributed by atoms with van der Waals surface area (Å²) in [5.41, 5.74) is 3.88. The molecule has 3 aromatic rings. The number of fused-ring (bicyclic) bond motifs is 1. The largest absolute Gasteiger partial charge is 0.315 e. The van der Waals surface area contributed by atoms with E-state index in [0.29, 0.717) is 10.9 Å². The molecule has 0 amide bonds. The van der Waals surface area contributed by atoms with Crippen molar-refractivity contribution in [3.05, 3.63) is 53.4 Å². The quantitative estimate of drug-likeness (QED) is 0.768. The molecule has 124 valence electrons. The Morgan fingerprint density at radius 1 is 1.12 bits per heavy atom. The number of nitrogens with one attached hydrogen (secondary N) is 2. The molecule has 4 rings (SSSR count). The van der Waals surface area contributed by atoms with Gasteiger partial charge in [0.15, 0.2) is 0 Å². The van der Waals surface area contributed by atoms with E-state index in [4.69, 9.17) is 16.6 Å². The Bertz CT molecular complexity index is 836. The third kappa shape index (κ3) is 3.29. The zero-order chi connectivity index (χ0) is 16.4. The lowest BCUT2D eigenvalue weighted by molar-refractivity contribution is 0.492. The first-order valence-electron chi connectivity index (χ1n) is 8.30. The highest BCUT2D eigenvalue weighted by Crippen LogP contribution is 2.22. The number of aromatic nitrogens is 3. The molecule has 4 heterocycles. The fourth-order valence-electron chi connectivity index (χ4n) is 3.18. The Labute approximate surface area is 146 Å². The van der Waals surface area contributed by atoms with Crippen LogP contribution in [0.2, 0.25) is 5.02 Å². The lowest BCUT2D eigenvalue weighted by Gasteiger charge is -2.14. The second-order valence-corrected chi connectivity index (χ2v) is 6.65.